The number of fused-ring (bicyclic) bond motifs is 2. The van der Waals surface area contributed by atoms with Crippen molar-refractivity contribution < 1.29 is 9.59 Å². The molecule has 3 nitrogen and oxygen atoms in total. The quantitative estimate of drug-likeness (QED) is 0.454. The Kier molecular flexibility index (Phi) is 4.44. The maximum Gasteiger partial charge on any atom is 0.235 e. The standard InChI is InChI=1S/C27H21NO2/c29-25(22-15-14-20-10-4-5-11-21(20)16-22)18-27(17-19-8-2-1-3-9-19)23-12-6-7-13-24(23)28-26(27)30/h1-16H,17-18H2,(H,28,30)/t27-/m0/s1. The Labute approximate surface area is 175 Å². The van der Waals surface area contributed by atoms with Crippen molar-refractivity contribution in [2.45, 2.75) is 18.3 Å². The predicted octanol–water partition coefficient (Wildman–Crippen LogP) is 5.55. The summed E-state index contributed by atoms with van der Waals surface area (Å²) in [6.07, 6.45) is 0.610. The molecule has 1 aliphatic heterocycles. The average molecular weight is 391 g/mol. The van der Waals surface area contributed by atoms with Crippen LogP contribution in [0.1, 0.15) is 27.9 Å². The number of nitrogens with one attached hydrogen (secondary N) is 1. The monoisotopic (exact) mass is 391 g/mol. The Morgan fingerprint density at radius 1 is 0.767 bits per heavy atom. The highest BCUT2D eigenvalue weighted by atomic mass is 16.2. The molecule has 0 unspecified atom stereocenters. The van der Waals surface area contributed by atoms with E-state index in [-0.39, 0.29) is 18.1 Å². The maximum atomic E-state index is 13.4. The molecular formula is C27H21NO2. The van der Waals surface area contributed by atoms with E-state index in [9.17, 15) is 9.59 Å². The summed E-state index contributed by atoms with van der Waals surface area (Å²) in [6.45, 7) is 0. The van der Waals surface area contributed by atoms with Gasteiger partial charge in [0.2, 0.25) is 5.91 Å². The Balaban J connectivity index is 1.57. The smallest absolute Gasteiger partial charge is 0.235 e. The van der Waals surface area contributed by atoms with Crippen molar-refractivity contribution >= 4 is 28.2 Å². The van der Waals surface area contributed by atoms with E-state index in [0.29, 0.717) is 12.0 Å². The molecule has 0 bridgehead atoms. The SMILES string of the molecule is O=C(C[C@]1(Cc2ccccc2)C(=O)Nc2ccccc21)c1ccc2ccccc2c1. The van der Waals surface area contributed by atoms with Crippen LogP contribution in [0.2, 0.25) is 0 Å². The molecular weight excluding hydrogens is 370 g/mol. The number of hydrogen-bond acceptors (Lipinski definition) is 2. The third-order valence-electron chi connectivity index (χ3n) is 6.01. The van der Waals surface area contributed by atoms with Gasteiger partial charge in [-0.25, -0.2) is 0 Å². The van der Waals surface area contributed by atoms with Gasteiger partial charge in [-0.05, 0) is 40.5 Å². The van der Waals surface area contributed by atoms with Crippen molar-refractivity contribution in [1.82, 2.24) is 0 Å². The number of rotatable bonds is 5. The lowest BCUT2D eigenvalue weighted by Gasteiger charge is -2.27. The van der Waals surface area contributed by atoms with Crippen LogP contribution in [0.25, 0.3) is 10.8 Å². The molecule has 146 valence electrons. The molecule has 1 N–H and O–H groups in total. The first-order valence-corrected chi connectivity index (χ1v) is 10.1. The van der Waals surface area contributed by atoms with E-state index in [1.165, 1.54) is 0 Å². The van der Waals surface area contributed by atoms with Crippen LogP contribution in [0.3, 0.4) is 0 Å². The number of para-hydroxylation sites is 1. The van der Waals surface area contributed by atoms with E-state index in [1.54, 1.807) is 0 Å². The van der Waals surface area contributed by atoms with Gasteiger partial charge in [-0.3, -0.25) is 9.59 Å². The van der Waals surface area contributed by atoms with Crippen molar-refractivity contribution in [2.75, 3.05) is 5.32 Å². The topological polar surface area (TPSA) is 46.2 Å². The first kappa shape index (κ1) is 18.3. The molecule has 1 aliphatic rings. The van der Waals surface area contributed by atoms with E-state index in [2.05, 4.69) is 5.32 Å². The molecule has 30 heavy (non-hydrogen) atoms. The van der Waals surface area contributed by atoms with Gasteiger partial charge in [0.15, 0.2) is 5.78 Å². The number of carbonyl (C=O) groups is 2. The number of anilines is 1. The summed E-state index contributed by atoms with van der Waals surface area (Å²) in [6, 6.07) is 31.3. The number of benzene rings is 4. The van der Waals surface area contributed by atoms with Gasteiger partial charge < -0.3 is 5.32 Å². The molecule has 0 spiro atoms. The van der Waals surface area contributed by atoms with E-state index in [1.807, 2.05) is 97.1 Å². The first-order chi connectivity index (χ1) is 14.7. The van der Waals surface area contributed by atoms with Crippen molar-refractivity contribution in [1.29, 1.82) is 0 Å². The summed E-state index contributed by atoms with van der Waals surface area (Å²) < 4.78 is 0. The molecule has 0 aromatic heterocycles. The zero-order valence-electron chi connectivity index (χ0n) is 16.5. The van der Waals surface area contributed by atoms with E-state index in [0.717, 1.165) is 27.6 Å². The Morgan fingerprint density at radius 2 is 1.47 bits per heavy atom. The molecule has 4 aromatic rings. The van der Waals surface area contributed by atoms with Crippen LogP contribution in [0.4, 0.5) is 5.69 Å². The molecule has 4 aromatic carbocycles. The summed E-state index contributed by atoms with van der Waals surface area (Å²) in [5, 5.41) is 5.12. The highest BCUT2D eigenvalue weighted by Gasteiger charge is 2.48. The largest absolute Gasteiger partial charge is 0.325 e. The summed E-state index contributed by atoms with van der Waals surface area (Å²) in [5.41, 5.74) is 2.45. The van der Waals surface area contributed by atoms with Gasteiger partial charge in [0.05, 0.1) is 5.41 Å². The molecule has 0 saturated heterocycles. The van der Waals surface area contributed by atoms with Crippen LogP contribution in [0.15, 0.2) is 97.1 Å². The van der Waals surface area contributed by atoms with Crippen molar-refractivity contribution in [2.24, 2.45) is 0 Å². The van der Waals surface area contributed by atoms with Crippen LogP contribution in [0, 0.1) is 0 Å². The second-order valence-electron chi connectivity index (χ2n) is 7.91. The second-order valence-corrected chi connectivity index (χ2v) is 7.91. The fourth-order valence-electron chi connectivity index (χ4n) is 4.47. The van der Waals surface area contributed by atoms with Crippen LogP contribution in [-0.4, -0.2) is 11.7 Å². The van der Waals surface area contributed by atoms with E-state index in [4.69, 9.17) is 0 Å². The highest BCUT2D eigenvalue weighted by Crippen LogP contribution is 2.43. The Hall–Kier alpha value is -3.72. The van der Waals surface area contributed by atoms with Crippen LogP contribution in [-0.2, 0) is 16.6 Å². The number of Topliss-reactive ketones (excluding diaryl/α,β-unsaturated/α-hetero) is 1. The van der Waals surface area contributed by atoms with Gasteiger partial charge in [0, 0.05) is 17.7 Å². The lowest BCUT2D eigenvalue weighted by atomic mass is 9.72. The number of ketones is 1. The van der Waals surface area contributed by atoms with Crippen molar-refractivity contribution in [3.05, 3.63) is 114 Å². The first-order valence-electron chi connectivity index (χ1n) is 10.1. The molecule has 1 heterocycles. The van der Waals surface area contributed by atoms with E-state index < -0.39 is 5.41 Å². The van der Waals surface area contributed by atoms with Crippen LogP contribution < -0.4 is 5.32 Å². The average Bonchev–Trinajstić information content (AvgIpc) is 3.05. The Morgan fingerprint density at radius 3 is 2.30 bits per heavy atom. The van der Waals surface area contributed by atoms with Gasteiger partial charge in [-0.2, -0.15) is 0 Å². The van der Waals surface area contributed by atoms with Crippen molar-refractivity contribution in [3.8, 4) is 0 Å². The van der Waals surface area contributed by atoms with Gasteiger partial charge in [0.1, 0.15) is 0 Å². The fraction of sp³-hybridized carbons (Fsp3) is 0.111. The minimum atomic E-state index is -0.916. The molecule has 0 fully saturated rings. The molecule has 1 atom stereocenters. The van der Waals surface area contributed by atoms with Crippen LogP contribution in [0.5, 0.6) is 0 Å². The normalized spacial score (nSPS) is 17.5. The lowest BCUT2D eigenvalue weighted by Crippen LogP contribution is -2.39. The number of amides is 1. The highest BCUT2D eigenvalue weighted by molar-refractivity contribution is 6.11. The van der Waals surface area contributed by atoms with Gasteiger partial charge in [-0.15, -0.1) is 0 Å². The van der Waals surface area contributed by atoms with Crippen molar-refractivity contribution in [3.63, 3.8) is 0 Å². The lowest BCUT2D eigenvalue weighted by molar-refractivity contribution is -0.120. The maximum absolute atomic E-state index is 13.4. The zero-order chi connectivity index (χ0) is 20.6. The predicted molar refractivity (Wildman–Crippen MR) is 120 cm³/mol. The molecule has 1 amide bonds. The fourth-order valence-corrected chi connectivity index (χ4v) is 4.47. The van der Waals surface area contributed by atoms with Gasteiger partial charge in [-0.1, -0.05) is 84.9 Å². The second kappa shape index (κ2) is 7.27. The molecule has 3 heteroatoms. The van der Waals surface area contributed by atoms with Crippen LogP contribution >= 0.6 is 0 Å². The summed E-state index contributed by atoms with van der Waals surface area (Å²) in [4.78, 5) is 26.7. The Bertz CT molecular complexity index is 1260. The summed E-state index contributed by atoms with van der Waals surface area (Å²) in [5.74, 6) is -0.134. The third-order valence-corrected chi connectivity index (χ3v) is 6.01. The summed E-state index contributed by atoms with van der Waals surface area (Å²) >= 11 is 0. The van der Waals surface area contributed by atoms with E-state index >= 15 is 0 Å². The molecule has 0 aliphatic carbocycles. The molecule has 0 saturated carbocycles. The summed E-state index contributed by atoms with van der Waals surface area (Å²) in [7, 11) is 0. The zero-order valence-corrected chi connectivity index (χ0v) is 16.5. The molecule has 5 rings (SSSR count). The number of hydrogen-bond donors (Lipinski definition) is 1. The minimum Gasteiger partial charge on any atom is -0.325 e. The van der Waals surface area contributed by atoms with Gasteiger partial charge >= 0.3 is 0 Å². The number of carbonyl (C=O) groups excluding carboxylic acids is 2. The minimum absolute atomic E-state index is 0.0245. The molecule has 0 radical (unpaired) electrons. The van der Waals surface area contributed by atoms with Gasteiger partial charge in [0.25, 0.3) is 0 Å². The third kappa shape index (κ3) is 3.09.